The first kappa shape index (κ1) is 17.8. The lowest BCUT2D eigenvalue weighted by molar-refractivity contribution is -0.122. The van der Waals surface area contributed by atoms with E-state index in [9.17, 15) is 9.18 Å². The number of carbonyl (C=O) groups excluding carboxylic acids is 1. The van der Waals surface area contributed by atoms with Gasteiger partial charge in [-0.25, -0.2) is 4.39 Å². The van der Waals surface area contributed by atoms with Crippen LogP contribution >= 0.6 is 12.4 Å². The number of nitrogens with two attached hydrogens (primary N) is 1. The number of likely N-dealkylation sites (N-methyl/N-ethyl adjacent to an activating group) is 1. The zero-order chi connectivity index (χ0) is 13.5. The lowest BCUT2D eigenvalue weighted by atomic mass is 10.2. The van der Waals surface area contributed by atoms with Crippen molar-refractivity contribution in [2.24, 2.45) is 5.73 Å². The van der Waals surface area contributed by atoms with Gasteiger partial charge in [-0.1, -0.05) is 12.1 Å². The lowest BCUT2D eigenvalue weighted by Gasteiger charge is -2.17. The lowest BCUT2D eigenvalue weighted by Crippen LogP contribution is -2.41. The van der Waals surface area contributed by atoms with E-state index in [1.807, 2.05) is 7.05 Å². The number of hydrogen-bond donors (Lipinski definition) is 2. The third-order valence-corrected chi connectivity index (χ3v) is 2.57. The third-order valence-electron chi connectivity index (χ3n) is 2.57. The summed E-state index contributed by atoms with van der Waals surface area (Å²) in [5.41, 5.74) is 6.47. The molecule has 0 heterocycles. The van der Waals surface area contributed by atoms with Gasteiger partial charge in [0.05, 0.1) is 6.04 Å². The summed E-state index contributed by atoms with van der Waals surface area (Å²) < 4.78 is 12.7. The predicted molar refractivity (Wildman–Crippen MR) is 76.6 cm³/mol. The second-order valence-electron chi connectivity index (χ2n) is 4.44. The highest BCUT2D eigenvalue weighted by Crippen LogP contribution is 2.04. The van der Waals surface area contributed by atoms with Crippen LogP contribution in [0.25, 0.3) is 0 Å². The normalized spacial score (nSPS) is 11.8. The smallest absolute Gasteiger partial charge is 0.236 e. The Balaban J connectivity index is 0.00000324. The summed E-state index contributed by atoms with van der Waals surface area (Å²) in [5.74, 6) is -0.379. The average Bonchev–Trinajstić information content (AvgIpc) is 2.32. The topological polar surface area (TPSA) is 58.4 Å². The molecule has 1 aromatic rings. The van der Waals surface area contributed by atoms with Gasteiger partial charge in [0.2, 0.25) is 5.91 Å². The van der Waals surface area contributed by atoms with Crippen LogP contribution in [0.5, 0.6) is 0 Å². The van der Waals surface area contributed by atoms with E-state index in [1.54, 1.807) is 19.1 Å². The standard InChI is InChI=1S/C13H20FN3O.ClH/c1-10(15)13(18)16-7-8-17(2)9-11-3-5-12(14)6-4-11;/h3-6,10H,7-9,15H2,1-2H3,(H,16,18);1H. The number of halogens is 2. The van der Waals surface area contributed by atoms with E-state index in [1.165, 1.54) is 12.1 Å². The van der Waals surface area contributed by atoms with Crippen molar-refractivity contribution in [1.82, 2.24) is 10.2 Å². The number of amides is 1. The molecule has 0 radical (unpaired) electrons. The SMILES string of the molecule is CC(N)C(=O)NCCN(C)Cc1ccc(F)cc1.Cl. The van der Waals surface area contributed by atoms with Crippen molar-refractivity contribution in [2.75, 3.05) is 20.1 Å². The van der Waals surface area contributed by atoms with E-state index in [0.717, 1.165) is 12.1 Å². The average molecular weight is 290 g/mol. The molecule has 0 aromatic heterocycles. The van der Waals surface area contributed by atoms with E-state index in [4.69, 9.17) is 5.73 Å². The van der Waals surface area contributed by atoms with Gasteiger partial charge in [-0.05, 0) is 31.7 Å². The summed E-state index contributed by atoms with van der Waals surface area (Å²) in [4.78, 5) is 13.3. The van der Waals surface area contributed by atoms with Crippen LogP contribution in [0, 0.1) is 5.82 Å². The van der Waals surface area contributed by atoms with Gasteiger partial charge in [-0.15, -0.1) is 12.4 Å². The molecule has 1 unspecified atom stereocenters. The molecular weight excluding hydrogens is 269 g/mol. The molecule has 0 aliphatic heterocycles. The second-order valence-corrected chi connectivity index (χ2v) is 4.44. The first-order chi connectivity index (χ1) is 8.49. The molecule has 0 bridgehead atoms. The van der Waals surface area contributed by atoms with E-state index >= 15 is 0 Å². The number of nitrogens with one attached hydrogen (secondary N) is 1. The predicted octanol–water partition coefficient (Wildman–Crippen LogP) is 1.14. The van der Waals surface area contributed by atoms with Crippen molar-refractivity contribution in [1.29, 1.82) is 0 Å². The van der Waals surface area contributed by atoms with Gasteiger partial charge in [-0.2, -0.15) is 0 Å². The van der Waals surface area contributed by atoms with Gasteiger partial charge < -0.3 is 16.0 Å². The zero-order valence-corrected chi connectivity index (χ0v) is 12.0. The molecule has 0 spiro atoms. The van der Waals surface area contributed by atoms with Crippen LogP contribution in [-0.2, 0) is 11.3 Å². The number of benzene rings is 1. The minimum Gasteiger partial charge on any atom is -0.353 e. The van der Waals surface area contributed by atoms with Crippen molar-refractivity contribution in [3.63, 3.8) is 0 Å². The molecule has 6 heteroatoms. The van der Waals surface area contributed by atoms with Crippen molar-refractivity contribution < 1.29 is 9.18 Å². The summed E-state index contributed by atoms with van der Waals surface area (Å²) in [6, 6.07) is 5.92. The molecule has 1 amide bonds. The molecule has 0 saturated carbocycles. The molecule has 0 saturated heterocycles. The van der Waals surface area contributed by atoms with Gasteiger partial charge in [-0.3, -0.25) is 4.79 Å². The number of carbonyl (C=O) groups is 1. The van der Waals surface area contributed by atoms with Crippen LogP contribution < -0.4 is 11.1 Å². The Labute approximate surface area is 119 Å². The number of rotatable bonds is 6. The molecule has 1 rings (SSSR count). The summed E-state index contributed by atoms with van der Waals surface area (Å²) in [5, 5.41) is 2.74. The fourth-order valence-electron chi connectivity index (χ4n) is 1.51. The second kappa shape index (κ2) is 8.85. The van der Waals surface area contributed by atoms with Crippen LogP contribution in [0.2, 0.25) is 0 Å². The Morgan fingerprint density at radius 1 is 1.42 bits per heavy atom. The largest absolute Gasteiger partial charge is 0.353 e. The molecule has 0 aliphatic rings. The Bertz CT molecular complexity index is 384. The minimum absolute atomic E-state index is 0. The molecule has 4 nitrogen and oxygen atoms in total. The van der Waals surface area contributed by atoms with E-state index < -0.39 is 6.04 Å². The van der Waals surface area contributed by atoms with Crippen LogP contribution in [-0.4, -0.2) is 37.0 Å². The summed E-state index contributed by atoms with van der Waals surface area (Å²) in [6.45, 7) is 3.64. The Kier molecular flexibility index (Phi) is 8.30. The summed E-state index contributed by atoms with van der Waals surface area (Å²) in [7, 11) is 1.95. The summed E-state index contributed by atoms with van der Waals surface area (Å²) in [6.07, 6.45) is 0. The Morgan fingerprint density at radius 3 is 2.53 bits per heavy atom. The van der Waals surface area contributed by atoms with Gasteiger partial charge in [0.1, 0.15) is 5.82 Å². The van der Waals surface area contributed by atoms with Crippen LogP contribution in [0.15, 0.2) is 24.3 Å². The quantitative estimate of drug-likeness (QED) is 0.826. The molecule has 1 aromatic carbocycles. The van der Waals surface area contributed by atoms with Crippen molar-refractivity contribution >= 4 is 18.3 Å². The minimum atomic E-state index is -0.479. The molecule has 0 fully saturated rings. The molecule has 1 atom stereocenters. The maximum absolute atomic E-state index is 12.7. The van der Waals surface area contributed by atoms with Crippen molar-refractivity contribution in [2.45, 2.75) is 19.5 Å². The fourth-order valence-corrected chi connectivity index (χ4v) is 1.51. The number of nitrogens with zero attached hydrogens (tertiary/aromatic N) is 1. The maximum atomic E-state index is 12.7. The zero-order valence-electron chi connectivity index (χ0n) is 11.2. The first-order valence-electron chi connectivity index (χ1n) is 5.95. The van der Waals surface area contributed by atoms with Crippen molar-refractivity contribution in [3.8, 4) is 0 Å². The Hall–Kier alpha value is -1.17. The van der Waals surface area contributed by atoms with Crippen LogP contribution in [0.3, 0.4) is 0 Å². The van der Waals surface area contributed by atoms with E-state index in [-0.39, 0.29) is 24.1 Å². The molecule has 3 N–H and O–H groups in total. The van der Waals surface area contributed by atoms with Gasteiger partial charge in [0, 0.05) is 19.6 Å². The highest BCUT2D eigenvalue weighted by molar-refractivity contribution is 5.85. The Morgan fingerprint density at radius 2 is 2.00 bits per heavy atom. The van der Waals surface area contributed by atoms with Crippen LogP contribution in [0.1, 0.15) is 12.5 Å². The van der Waals surface area contributed by atoms with Crippen molar-refractivity contribution in [3.05, 3.63) is 35.6 Å². The third kappa shape index (κ3) is 7.10. The molecular formula is C13H21ClFN3O. The molecule has 0 aliphatic carbocycles. The monoisotopic (exact) mass is 289 g/mol. The van der Waals surface area contributed by atoms with Gasteiger partial charge in [0.25, 0.3) is 0 Å². The highest BCUT2D eigenvalue weighted by atomic mass is 35.5. The number of hydrogen-bond acceptors (Lipinski definition) is 3. The maximum Gasteiger partial charge on any atom is 0.236 e. The molecule has 108 valence electrons. The highest BCUT2D eigenvalue weighted by Gasteiger charge is 2.06. The van der Waals surface area contributed by atoms with Crippen LogP contribution in [0.4, 0.5) is 4.39 Å². The summed E-state index contributed by atoms with van der Waals surface area (Å²) >= 11 is 0. The van der Waals surface area contributed by atoms with Gasteiger partial charge in [0.15, 0.2) is 0 Å². The molecule has 19 heavy (non-hydrogen) atoms. The van der Waals surface area contributed by atoms with E-state index in [0.29, 0.717) is 13.1 Å². The van der Waals surface area contributed by atoms with Gasteiger partial charge >= 0.3 is 0 Å². The fraction of sp³-hybridized carbons (Fsp3) is 0.462. The first-order valence-corrected chi connectivity index (χ1v) is 5.95. The van der Waals surface area contributed by atoms with E-state index in [2.05, 4.69) is 10.2 Å².